The fourth-order valence-electron chi connectivity index (χ4n) is 2.69. The van der Waals surface area contributed by atoms with Crippen molar-refractivity contribution in [1.29, 1.82) is 0 Å². The fourth-order valence-corrected chi connectivity index (χ4v) is 2.69. The first kappa shape index (κ1) is 15.0. The molecule has 0 radical (unpaired) electrons. The maximum Gasteiger partial charge on any atom is 0.248 e. The number of unbranched alkanes of at least 4 members (excludes halogenated alkanes) is 1. The minimum absolute atomic E-state index is 0.00629. The SMILES string of the molecule is CCCCN1C(=O)C(C)(C)NC(=O)C1(CC)CC. The van der Waals surface area contributed by atoms with Gasteiger partial charge in [-0.25, -0.2) is 0 Å². The van der Waals surface area contributed by atoms with Crippen LogP contribution in [0.1, 0.15) is 60.3 Å². The lowest BCUT2D eigenvalue weighted by molar-refractivity contribution is -0.162. The van der Waals surface area contributed by atoms with Crippen LogP contribution < -0.4 is 5.32 Å². The van der Waals surface area contributed by atoms with Gasteiger partial charge in [0.25, 0.3) is 0 Å². The van der Waals surface area contributed by atoms with E-state index >= 15 is 0 Å². The van der Waals surface area contributed by atoms with E-state index in [0.29, 0.717) is 19.4 Å². The van der Waals surface area contributed by atoms with E-state index in [4.69, 9.17) is 0 Å². The Labute approximate surface area is 110 Å². The quantitative estimate of drug-likeness (QED) is 0.816. The average molecular weight is 254 g/mol. The van der Waals surface area contributed by atoms with E-state index in [2.05, 4.69) is 12.2 Å². The minimum atomic E-state index is -0.779. The van der Waals surface area contributed by atoms with Gasteiger partial charge in [0, 0.05) is 6.54 Å². The van der Waals surface area contributed by atoms with Crippen molar-refractivity contribution in [2.45, 2.75) is 71.4 Å². The summed E-state index contributed by atoms with van der Waals surface area (Å²) in [6.07, 6.45) is 3.30. The second-order valence-electron chi connectivity index (χ2n) is 5.63. The van der Waals surface area contributed by atoms with E-state index in [9.17, 15) is 9.59 Å². The largest absolute Gasteiger partial charge is 0.340 e. The molecule has 0 saturated carbocycles. The molecule has 1 aliphatic heterocycles. The van der Waals surface area contributed by atoms with Gasteiger partial charge in [-0.05, 0) is 33.1 Å². The van der Waals surface area contributed by atoms with Crippen LogP contribution in [0.4, 0.5) is 0 Å². The Morgan fingerprint density at radius 3 is 2.11 bits per heavy atom. The van der Waals surface area contributed by atoms with Crippen molar-refractivity contribution >= 4 is 11.8 Å². The molecule has 1 saturated heterocycles. The number of rotatable bonds is 5. The van der Waals surface area contributed by atoms with E-state index in [1.165, 1.54) is 0 Å². The number of nitrogens with zero attached hydrogens (tertiary/aromatic N) is 1. The second-order valence-corrected chi connectivity index (χ2v) is 5.63. The first-order valence-corrected chi connectivity index (χ1v) is 7.00. The van der Waals surface area contributed by atoms with Gasteiger partial charge in [0.2, 0.25) is 11.8 Å². The summed E-state index contributed by atoms with van der Waals surface area (Å²) in [5.41, 5.74) is -1.43. The van der Waals surface area contributed by atoms with Crippen molar-refractivity contribution in [1.82, 2.24) is 10.2 Å². The molecular formula is C14H26N2O2. The van der Waals surface area contributed by atoms with Crippen molar-refractivity contribution in [3.8, 4) is 0 Å². The zero-order valence-electron chi connectivity index (χ0n) is 12.3. The van der Waals surface area contributed by atoms with Gasteiger partial charge in [0.1, 0.15) is 11.1 Å². The molecule has 104 valence electrons. The third-order valence-corrected chi connectivity index (χ3v) is 4.05. The summed E-state index contributed by atoms with van der Waals surface area (Å²) in [5, 5.41) is 2.87. The fraction of sp³-hybridized carbons (Fsp3) is 0.857. The van der Waals surface area contributed by atoms with Gasteiger partial charge in [-0.15, -0.1) is 0 Å². The predicted octanol–water partition coefficient (Wildman–Crippen LogP) is 2.08. The number of hydrogen-bond acceptors (Lipinski definition) is 2. The van der Waals surface area contributed by atoms with Crippen LogP contribution in [-0.4, -0.2) is 34.3 Å². The molecular weight excluding hydrogens is 228 g/mol. The molecule has 1 fully saturated rings. The Hall–Kier alpha value is -1.06. The predicted molar refractivity (Wildman–Crippen MR) is 72.2 cm³/mol. The highest BCUT2D eigenvalue weighted by Gasteiger charge is 2.52. The normalized spacial score (nSPS) is 21.9. The standard InChI is InChI=1S/C14H26N2O2/c1-6-9-10-16-12(18)13(4,5)15-11(17)14(16,7-2)8-3/h6-10H2,1-5H3,(H,15,17). The topological polar surface area (TPSA) is 49.4 Å². The molecule has 0 unspecified atom stereocenters. The summed E-state index contributed by atoms with van der Waals surface area (Å²) in [5.74, 6) is 0.0347. The number of hydrogen-bond donors (Lipinski definition) is 1. The zero-order chi connectivity index (χ0) is 14.0. The van der Waals surface area contributed by atoms with Crippen molar-refractivity contribution < 1.29 is 9.59 Å². The summed E-state index contributed by atoms with van der Waals surface area (Å²) in [6.45, 7) is 10.3. The first-order chi connectivity index (χ1) is 8.35. The molecule has 1 rings (SSSR count). The molecule has 1 aliphatic rings. The van der Waals surface area contributed by atoms with E-state index in [1.54, 1.807) is 13.8 Å². The molecule has 4 nitrogen and oxygen atoms in total. The summed E-state index contributed by atoms with van der Waals surface area (Å²) in [4.78, 5) is 26.8. The Balaban J connectivity index is 3.14. The molecule has 2 amide bonds. The van der Waals surface area contributed by atoms with Gasteiger partial charge in [-0.1, -0.05) is 27.2 Å². The molecule has 4 heteroatoms. The Morgan fingerprint density at radius 2 is 1.67 bits per heavy atom. The van der Waals surface area contributed by atoms with Crippen molar-refractivity contribution in [3.05, 3.63) is 0 Å². The highest BCUT2D eigenvalue weighted by Crippen LogP contribution is 2.32. The van der Waals surface area contributed by atoms with Crippen LogP contribution >= 0.6 is 0 Å². The van der Waals surface area contributed by atoms with Crippen molar-refractivity contribution in [3.63, 3.8) is 0 Å². The molecule has 0 bridgehead atoms. The molecule has 0 aromatic carbocycles. The molecule has 1 N–H and O–H groups in total. The van der Waals surface area contributed by atoms with Crippen LogP contribution in [0.5, 0.6) is 0 Å². The molecule has 1 heterocycles. The van der Waals surface area contributed by atoms with Crippen LogP contribution in [-0.2, 0) is 9.59 Å². The van der Waals surface area contributed by atoms with Crippen LogP contribution in [0, 0.1) is 0 Å². The monoisotopic (exact) mass is 254 g/mol. The Bertz CT molecular complexity index is 333. The van der Waals surface area contributed by atoms with Gasteiger partial charge in [0.05, 0.1) is 0 Å². The summed E-state index contributed by atoms with van der Waals surface area (Å²) >= 11 is 0. The van der Waals surface area contributed by atoms with Crippen LogP contribution in [0.15, 0.2) is 0 Å². The van der Waals surface area contributed by atoms with Crippen molar-refractivity contribution in [2.75, 3.05) is 6.54 Å². The molecule has 0 aliphatic carbocycles. The van der Waals surface area contributed by atoms with Gasteiger partial charge < -0.3 is 10.2 Å². The average Bonchev–Trinajstić information content (AvgIpc) is 2.32. The van der Waals surface area contributed by atoms with Crippen molar-refractivity contribution in [2.24, 2.45) is 0 Å². The number of amides is 2. The van der Waals surface area contributed by atoms with Gasteiger partial charge in [-0.2, -0.15) is 0 Å². The maximum atomic E-state index is 12.5. The Kier molecular flexibility index (Phi) is 4.41. The number of carbonyl (C=O) groups is 2. The lowest BCUT2D eigenvalue weighted by atomic mass is 9.82. The highest BCUT2D eigenvalue weighted by molar-refractivity contribution is 6.01. The van der Waals surface area contributed by atoms with Crippen LogP contribution in [0.3, 0.4) is 0 Å². The molecule has 0 aromatic heterocycles. The number of nitrogens with one attached hydrogen (secondary N) is 1. The first-order valence-electron chi connectivity index (χ1n) is 7.00. The van der Waals surface area contributed by atoms with Crippen LogP contribution in [0.25, 0.3) is 0 Å². The smallest absolute Gasteiger partial charge is 0.248 e. The number of piperazine rings is 1. The van der Waals surface area contributed by atoms with E-state index in [1.807, 2.05) is 18.7 Å². The van der Waals surface area contributed by atoms with Gasteiger partial charge in [-0.3, -0.25) is 9.59 Å². The van der Waals surface area contributed by atoms with E-state index < -0.39 is 11.1 Å². The Morgan fingerprint density at radius 1 is 1.11 bits per heavy atom. The maximum absolute atomic E-state index is 12.5. The third kappa shape index (κ3) is 2.25. The summed E-state index contributed by atoms with van der Waals surface area (Å²) < 4.78 is 0. The molecule has 0 spiro atoms. The summed E-state index contributed by atoms with van der Waals surface area (Å²) in [7, 11) is 0. The third-order valence-electron chi connectivity index (χ3n) is 4.05. The lowest BCUT2D eigenvalue weighted by Crippen LogP contribution is -2.74. The van der Waals surface area contributed by atoms with Gasteiger partial charge >= 0.3 is 0 Å². The zero-order valence-corrected chi connectivity index (χ0v) is 12.3. The lowest BCUT2D eigenvalue weighted by Gasteiger charge is -2.50. The summed E-state index contributed by atoms with van der Waals surface area (Å²) in [6, 6.07) is 0. The second kappa shape index (κ2) is 5.29. The number of carbonyl (C=O) groups excluding carboxylic acids is 2. The molecule has 0 atom stereocenters. The minimum Gasteiger partial charge on any atom is -0.340 e. The molecule has 18 heavy (non-hydrogen) atoms. The van der Waals surface area contributed by atoms with Gasteiger partial charge in [0.15, 0.2) is 0 Å². The van der Waals surface area contributed by atoms with E-state index in [0.717, 1.165) is 12.8 Å². The molecule has 0 aromatic rings. The van der Waals surface area contributed by atoms with Crippen LogP contribution in [0.2, 0.25) is 0 Å². The highest BCUT2D eigenvalue weighted by atomic mass is 16.2. The van der Waals surface area contributed by atoms with E-state index in [-0.39, 0.29) is 11.8 Å².